The van der Waals surface area contributed by atoms with Crippen molar-refractivity contribution in [3.05, 3.63) is 34.9 Å². The topological polar surface area (TPSA) is 28.2 Å². The normalized spacial score (nSPS) is 16.4. The molecule has 0 amide bonds. The second-order valence-electron chi connectivity index (χ2n) is 5.32. The Morgan fingerprint density at radius 2 is 1.95 bits per heavy atom. The van der Waals surface area contributed by atoms with Crippen LogP contribution in [0.3, 0.4) is 0 Å². The highest BCUT2D eigenvalue weighted by molar-refractivity contribution is 9.10. The van der Waals surface area contributed by atoms with Gasteiger partial charge < -0.3 is 10.2 Å². The summed E-state index contributed by atoms with van der Waals surface area (Å²) in [7, 11) is 0. The second kappa shape index (κ2) is 6.55. The number of nitrogens with one attached hydrogen (secondary N) is 1. The SMILES string of the molecule is Brc1cccc2c(NCCN3CCCCC3)nccc12. The lowest BCUT2D eigenvalue weighted by molar-refractivity contribution is 0.237. The lowest BCUT2D eigenvalue weighted by Gasteiger charge is -2.26. The Bertz CT molecular complexity index is 579. The summed E-state index contributed by atoms with van der Waals surface area (Å²) in [5.41, 5.74) is 0. The van der Waals surface area contributed by atoms with E-state index in [9.17, 15) is 0 Å². The molecular formula is C16H20BrN3. The van der Waals surface area contributed by atoms with E-state index in [0.29, 0.717) is 0 Å². The molecule has 106 valence electrons. The van der Waals surface area contributed by atoms with E-state index in [1.54, 1.807) is 0 Å². The van der Waals surface area contributed by atoms with Crippen LogP contribution in [-0.2, 0) is 0 Å². The van der Waals surface area contributed by atoms with E-state index < -0.39 is 0 Å². The van der Waals surface area contributed by atoms with Gasteiger partial charge >= 0.3 is 0 Å². The molecule has 1 aliphatic heterocycles. The number of halogens is 1. The Labute approximate surface area is 128 Å². The number of fused-ring (bicyclic) bond motifs is 1. The van der Waals surface area contributed by atoms with E-state index in [1.807, 2.05) is 6.20 Å². The summed E-state index contributed by atoms with van der Waals surface area (Å²) in [6.07, 6.45) is 5.96. The van der Waals surface area contributed by atoms with E-state index in [1.165, 1.54) is 43.1 Å². The standard InChI is InChI=1S/C16H20BrN3/c17-15-6-4-5-14-13(15)7-8-18-16(14)19-9-12-20-10-2-1-3-11-20/h4-8H,1-3,9-12H2,(H,18,19). The molecule has 0 spiro atoms. The molecule has 0 saturated carbocycles. The van der Waals surface area contributed by atoms with Crippen LogP contribution in [0.2, 0.25) is 0 Å². The van der Waals surface area contributed by atoms with Crippen molar-refractivity contribution in [3.63, 3.8) is 0 Å². The van der Waals surface area contributed by atoms with Crippen LogP contribution in [0.15, 0.2) is 34.9 Å². The van der Waals surface area contributed by atoms with Crippen molar-refractivity contribution >= 4 is 32.5 Å². The van der Waals surface area contributed by atoms with Gasteiger partial charge in [0, 0.05) is 34.5 Å². The molecule has 3 nitrogen and oxygen atoms in total. The largest absolute Gasteiger partial charge is 0.368 e. The maximum absolute atomic E-state index is 4.48. The molecule has 1 aromatic carbocycles. The maximum Gasteiger partial charge on any atom is 0.133 e. The van der Waals surface area contributed by atoms with Gasteiger partial charge in [-0.05, 0) is 38.1 Å². The van der Waals surface area contributed by atoms with Gasteiger partial charge in [0.2, 0.25) is 0 Å². The number of nitrogens with zero attached hydrogens (tertiary/aromatic N) is 2. The van der Waals surface area contributed by atoms with E-state index in [0.717, 1.165) is 23.4 Å². The molecule has 3 rings (SSSR count). The summed E-state index contributed by atoms with van der Waals surface area (Å²) in [5.74, 6) is 0.987. The van der Waals surface area contributed by atoms with E-state index >= 15 is 0 Å². The molecule has 0 aliphatic carbocycles. The van der Waals surface area contributed by atoms with Crippen molar-refractivity contribution in [2.75, 3.05) is 31.5 Å². The first-order valence-electron chi connectivity index (χ1n) is 7.34. The molecule has 2 aromatic rings. The lowest BCUT2D eigenvalue weighted by atomic mass is 10.1. The quantitative estimate of drug-likeness (QED) is 0.919. The molecule has 0 atom stereocenters. The molecule has 1 fully saturated rings. The first kappa shape index (κ1) is 13.8. The van der Waals surface area contributed by atoms with Crippen LogP contribution in [0.5, 0.6) is 0 Å². The van der Waals surface area contributed by atoms with Crippen LogP contribution in [0.25, 0.3) is 10.8 Å². The van der Waals surface area contributed by atoms with Crippen molar-refractivity contribution in [2.45, 2.75) is 19.3 Å². The summed E-state index contributed by atoms with van der Waals surface area (Å²) in [5, 5.41) is 5.88. The fourth-order valence-corrected chi connectivity index (χ4v) is 3.32. The second-order valence-corrected chi connectivity index (χ2v) is 6.18. The number of benzene rings is 1. The molecular weight excluding hydrogens is 314 g/mol. The molecule has 20 heavy (non-hydrogen) atoms. The summed E-state index contributed by atoms with van der Waals surface area (Å²) in [4.78, 5) is 7.02. The Kier molecular flexibility index (Phi) is 4.53. The highest BCUT2D eigenvalue weighted by Crippen LogP contribution is 2.27. The van der Waals surface area contributed by atoms with Gasteiger partial charge in [-0.2, -0.15) is 0 Å². The van der Waals surface area contributed by atoms with Crippen LogP contribution >= 0.6 is 15.9 Å². The predicted octanol–water partition coefficient (Wildman–Crippen LogP) is 3.90. The van der Waals surface area contributed by atoms with Gasteiger partial charge in [-0.15, -0.1) is 0 Å². The minimum Gasteiger partial charge on any atom is -0.368 e. The summed E-state index contributed by atoms with van der Waals surface area (Å²) in [6.45, 7) is 4.55. The monoisotopic (exact) mass is 333 g/mol. The van der Waals surface area contributed by atoms with Crippen LogP contribution in [0, 0.1) is 0 Å². The van der Waals surface area contributed by atoms with Gasteiger partial charge in [0.15, 0.2) is 0 Å². The molecule has 1 aromatic heterocycles. The minimum absolute atomic E-state index is 0.957. The van der Waals surface area contributed by atoms with E-state index in [4.69, 9.17) is 0 Å². The van der Waals surface area contributed by atoms with Gasteiger partial charge in [-0.1, -0.05) is 34.5 Å². The van der Waals surface area contributed by atoms with Gasteiger partial charge in [-0.25, -0.2) is 4.98 Å². The number of likely N-dealkylation sites (tertiary alicyclic amines) is 1. The summed E-state index contributed by atoms with van der Waals surface area (Å²) in [6, 6.07) is 8.30. The lowest BCUT2D eigenvalue weighted by Crippen LogP contribution is -2.33. The van der Waals surface area contributed by atoms with Crippen molar-refractivity contribution in [2.24, 2.45) is 0 Å². The molecule has 0 bridgehead atoms. The fraction of sp³-hybridized carbons (Fsp3) is 0.438. The Balaban J connectivity index is 1.66. The van der Waals surface area contributed by atoms with E-state index in [-0.39, 0.29) is 0 Å². The average molecular weight is 334 g/mol. The number of piperidine rings is 1. The molecule has 4 heteroatoms. The molecule has 0 radical (unpaired) electrons. The molecule has 2 heterocycles. The highest BCUT2D eigenvalue weighted by Gasteiger charge is 2.10. The zero-order valence-corrected chi connectivity index (χ0v) is 13.2. The zero-order valence-electron chi connectivity index (χ0n) is 11.6. The summed E-state index contributed by atoms with van der Waals surface area (Å²) >= 11 is 3.60. The number of hydrogen-bond acceptors (Lipinski definition) is 3. The van der Waals surface area contributed by atoms with Crippen LogP contribution < -0.4 is 5.32 Å². The predicted molar refractivity (Wildman–Crippen MR) is 88.2 cm³/mol. The molecule has 0 unspecified atom stereocenters. The zero-order chi connectivity index (χ0) is 13.8. The number of hydrogen-bond donors (Lipinski definition) is 1. The van der Waals surface area contributed by atoms with E-state index in [2.05, 4.69) is 55.4 Å². The molecule has 1 saturated heterocycles. The van der Waals surface area contributed by atoms with Gasteiger partial charge in [0.25, 0.3) is 0 Å². The van der Waals surface area contributed by atoms with Gasteiger partial charge in [0.1, 0.15) is 5.82 Å². The number of pyridine rings is 1. The third-order valence-corrected chi connectivity index (χ3v) is 4.61. The highest BCUT2D eigenvalue weighted by atomic mass is 79.9. The minimum atomic E-state index is 0.957. The molecule has 1 N–H and O–H groups in total. The fourth-order valence-electron chi connectivity index (χ4n) is 2.83. The first-order valence-corrected chi connectivity index (χ1v) is 8.13. The first-order chi connectivity index (χ1) is 9.84. The number of aromatic nitrogens is 1. The number of rotatable bonds is 4. The smallest absolute Gasteiger partial charge is 0.133 e. The van der Waals surface area contributed by atoms with Crippen LogP contribution in [-0.4, -0.2) is 36.1 Å². The third-order valence-electron chi connectivity index (χ3n) is 3.92. The Morgan fingerprint density at radius 3 is 2.80 bits per heavy atom. The van der Waals surface area contributed by atoms with Crippen molar-refractivity contribution in [1.29, 1.82) is 0 Å². The average Bonchev–Trinajstić information content (AvgIpc) is 2.49. The van der Waals surface area contributed by atoms with Crippen molar-refractivity contribution in [3.8, 4) is 0 Å². The van der Waals surface area contributed by atoms with Crippen LogP contribution in [0.1, 0.15) is 19.3 Å². The number of anilines is 1. The van der Waals surface area contributed by atoms with Gasteiger partial charge in [-0.3, -0.25) is 0 Å². The van der Waals surface area contributed by atoms with Gasteiger partial charge in [0.05, 0.1) is 0 Å². The maximum atomic E-state index is 4.48. The summed E-state index contributed by atoms with van der Waals surface area (Å²) < 4.78 is 1.12. The third kappa shape index (κ3) is 3.13. The van der Waals surface area contributed by atoms with Crippen molar-refractivity contribution < 1.29 is 0 Å². The van der Waals surface area contributed by atoms with Crippen molar-refractivity contribution in [1.82, 2.24) is 9.88 Å². The van der Waals surface area contributed by atoms with Crippen LogP contribution in [0.4, 0.5) is 5.82 Å². The molecule has 1 aliphatic rings. The Morgan fingerprint density at radius 1 is 1.10 bits per heavy atom. The Hall–Kier alpha value is -1.13.